The second kappa shape index (κ2) is 7.14. The van der Waals surface area contributed by atoms with Gasteiger partial charge in [0.25, 0.3) is 0 Å². The molecule has 7 heteroatoms. The van der Waals surface area contributed by atoms with Crippen molar-refractivity contribution in [2.75, 3.05) is 13.1 Å². The summed E-state index contributed by atoms with van der Waals surface area (Å²) in [4.78, 5) is 11.0. The van der Waals surface area contributed by atoms with Crippen molar-refractivity contribution >= 4 is 0 Å². The molecule has 1 aliphatic heterocycles. The number of benzene rings is 1. The lowest BCUT2D eigenvalue weighted by Gasteiger charge is -2.31. The minimum Gasteiger partial charge on any atom is -0.338 e. The predicted octanol–water partition coefficient (Wildman–Crippen LogP) is 2.55. The van der Waals surface area contributed by atoms with Gasteiger partial charge in [0.2, 0.25) is 11.7 Å². The molecule has 0 unspecified atom stereocenters. The van der Waals surface area contributed by atoms with E-state index in [1.165, 1.54) is 12.8 Å². The Morgan fingerprint density at radius 2 is 2.20 bits per heavy atom. The summed E-state index contributed by atoms with van der Waals surface area (Å²) in [7, 11) is 0. The van der Waals surface area contributed by atoms with Crippen molar-refractivity contribution in [3.63, 3.8) is 0 Å². The maximum atomic E-state index is 5.49. The van der Waals surface area contributed by atoms with E-state index in [1.54, 1.807) is 12.7 Å². The first-order valence-electron chi connectivity index (χ1n) is 8.71. The van der Waals surface area contributed by atoms with Gasteiger partial charge in [-0.2, -0.15) is 10.1 Å². The standard InChI is InChI=1S/C18H22N6O/c1-14-5-2-3-7-16(14)18-21-17(25-22-18)11-23-8-4-6-15(9-23)10-24-13-19-12-20-24/h2-3,5,7,12-13,15H,4,6,8-11H2,1H3/t15-/m1/s1. The van der Waals surface area contributed by atoms with Crippen molar-refractivity contribution in [3.05, 3.63) is 48.4 Å². The van der Waals surface area contributed by atoms with Gasteiger partial charge in [0, 0.05) is 18.7 Å². The molecule has 1 fully saturated rings. The normalized spacial score (nSPS) is 18.5. The van der Waals surface area contributed by atoms with Crippen LogP contribution in [0, 0.1) is 12.8 Å². The van der Waals surface area contributed by atoms with Crippen LogP contribution in [0.15, 0.2) is 41.4 Å². The molecular weight excluding hydrogens is 316 g/mol. The Morgan fingerprint density at radius 3 is 3.04 bits per heavy atom. The molecule has 1 saturated heterocycles. The number of likely N-dealkylation sites (tertiary alicyclic amines) is 1. The Morgan fingerprint density at radius 1 is 1.28 bits per heavy atom. The van der Waals surface area contributed by atoms with Crippen LogP contribution in [0.3, 0.4) is 0 Å². The van der Waals surface area contributed by atoms with Crippen molar-refractivity contribution in [1.82, 2.24) is 29.8 Å². The van der Waals surface area contributed by atoms with Crippen LogP contribution in [0.2, 0.25) is 0 Å². The molecule has 25 heavy (non-hydrogen) atoms. The largest absolute Gasteiger partial charge is 0.338 e. The third-order valence-corrected chi connectivity index (χ3v) is 4.73. The Balaban J connectivity index is 1.39. The van der Waals surface area contributed by atoms with E-state index in [0.717, 1.165) is 30.8 Å². The topological polar surface area (TPSA) is 72.9 Å². The van der Waals surface area contributed by atoms with Gasteiger partial charge in [-0.25, -0.2) is 4.98 Å². The maximum Gasteiger partial charge on any atom is 0.241 e. The Labute approximate surface area is 146 Å². The number of aryl methyl sites for hydroxylation is 1. The quantitative estimate of drug-likeness (QED) is 0.712. The molecule has 0 N–H and O–H groups in total. The van der Waals surface area contributed by atoms with Crippen LogP contribution in [0.1, 0.15) is 24.3 Å². The first-order chi connectivity index (χ1) is 12.3. The van der Waals surface area contributed by atoms with Crippen LogP contribution in [0.5, 0.6) is 0 Å². The number of aromatic nitrogens is 5. The molecule has 130 valence electrons. The minimum absolute atomic E-state index is 0.578. The summed E-state index contributed by atoms with van der Waals surface area (Å²) < 4.78 is 7.40. The van der Waals surface area contributed by atoms with E-state index < -0.39 is 0 Å². The van der Waals surface area contributed by atoms with Gasteiger partial charge >= 0.3 is 0 Å². The number of rotatable bonds is 5. The van der Waals surface area contributed by atoms with E-state index in [2.05, 4.69) is 38.1 Å². The van der Waals surface area contributed by atoms with Gasteiger partial charge in [0.05, 0.1) is 6.54 Å². The lowest BCUT2D eigenvalue weighted by molar-refractivity contribution is 0.138. The highest BCUT2D eigenvalue weighted by molar-refractivity contribution is 5.58. The molecule has 0 saturated carbocycles. The smallest absolute Gasteiger partial charge is 0.241 e. The monoisotopic (exact) mass is 338 g/mol. The summed E-state index contributed by atoms with van der Waals surface area (Å²) in [5.74, 6) is 1.93. The fraction of sp³-hybridized carbons (Fsp3) is 0.444. The predicted molar refractivity (Wildman–Crippen MR) is 92.5 cm³/mol. The third-order valence-electron chi connectivity index (χ3n) is 4.73. The zero-order valence-corrected chi connectivity index (χ0v) is 14.4. The summed E-state index contributed by atoms with van der Waals surface area (Å²) in [6.45, 7) is 5.75. The molecule has 0 radical (unpaired) electrons. The van der Waals surface area contributed by atoms with Crippen LogP contribution in [-0.4, -0.2) is 42.9 Å². The van der Waals surface area contributed by atoms with Gasteiger partial charge in [-0.1, -0.05) is 29.4 Å². The molecule has 4 rings (SSSR count). The highest BCUT2D eigenvalue weighted by atomic mass is 16.5. The summed E-state index contributed by atoms with van der Waals surface area (Å²) in [5.41, 5.74) is 2.18. The lowest BCUT2D eigenvalue weighted by atomic mass is 9.98. The first-order valence-corrected chi connectivity index (χ1v) is 8.71. The van der Waals surface area contributed by atoms with Gasteiger partial charge in [0.1, 0.15) is 12.7 Å². The van der Waals surface area contributed by atoms with Gasteiger partial charge in [-0.3, -0.25) is 9.58 Å². The Kier molecular flexibility index (Phi) is 4.56. The molecule has 0 spiro atoms. The molecule has 7 nitrogen and oxygen atoms in total. The lowest BCUT2D eigenvalue weighted by Crippen LogP contribution is -2.36. The number of hydrogen-bond acceptors (Lipinski definition) is 6. The molecule has 1 atom stereocenters. The van der Waals surface area contributed by atoms with Gasteiger partial charge in [-0.05, 0) is 37.8 Å². The molecule has 3 heterocycles. The van der Waals surface area contributed by atoms with Crippen molar-refractivity contribution in [2.45, 2.75) is 32.9 Å². The Hall–Kier alpha value is -2.54. The first kappa shape index (κ1) is 16.0. The third kappa shape index (κ3) is 3.76. The van der Waals surface area contributed by atoms with Gasteiger partial charge < -0.3 is 4.52 Å². The molecule has 1 aliphatic rings. The van der Waals surface area contributed by atoms with Crippen LogP contribution < -0.4 is 0 Å². The summed E-state index contributed by atoms with van der Waals surface area (Å²) in [6, 6.07) is 8.10. The van der Waals surface area contributed by atoms with Gasteiger partial charge in [-0.15, -0.1) is 0 Å². The van der Waals surface area contributed by atoms with E-state index in [9.17, 15) is 0 Å². The van der Waals surface area contributed by atoms with Crippen molar-refractivity contribution in [3.8, 4) is 11.4 Å². The maximum absolute atomic E-state index is 5.49. The zero-order chi connectivity index (χ0) is 17.1. The highest BCUT2D eigenvalue weighted by Gasteiger charge is 2.22. The van der Waals surface area contributed by atoms with Crippen molar-refractivity contribution in [2.24, 2.45) is 5.92 Å². The average Bonchev–Trinajstić information content (AvgIpc) is 3.28. The average molecular weight is 338 g/mol. The number of piperidine rings is 1. The summed E-state index contributed by atoms with van der Waals surface area (Å²) in [5, 5.41) is 8.37. The highest BCUT2D eigenvalue weighted by Crippen LogP contribution is 2.22. The molecule has 3 aromatic rings. The molecule has 0 aliphatic carbocycles. The van der Waals surface area contributed by atoms with E-state index in [4.69, 9.17) is 4.52 Å². The molecule has 1 aromatic carbocycles. The SMILES string of the molecule is Cc1ccccc1-c1noc(CN2CCC[C@@H](Cn3cncn3)C2)n1. The summed E-state index contributed by atoms with van der Waals surface area (Å²) >= 11 is 0. The Bertz CT molecular complexity index is 813. The number of nitrogens with zero attached hydrogens (tertiary/aromatic N) is 6. The van der Waals surface area contributed by atoms with E-state index in [1.807, 2.05) is 22.9 Å². The number of hydrogen-bond donors (Lipinski definition) is 0. The fourth-order valence-corrected chi connectivity index (χ4v) is 3.48. The fourth-order valence-electron chi connectivity index (χ4n) is 3.48. The van der Waals surface area contributed by atoms with Crippen molar-refractivity contribution < 1.29 is 4.52 Å². The van der Waals surface area contributed by atoms with Gasteiger partial charge in [0.15, 0.2) is 0 Å². The van der Waals surface area contributed by atoms with E-state index in [-0.39, 0.29) is 0 Å². The van der Waals surface area contributed by atoms with Crippen LogP contribution in [-0.2, 0) is 13.1 Å². The second-order valence-corrected chi connectivity index (χ2v) is 6.69. The van der Waals surface area contributed by atoms with Crippen molar-refractivity contribution in [1.29, 1.82) is 0 Å². The van der Waals surface area contributed by atoms with Crippen LogP contribution in [0.4, 0.5) is 0 Å². The molecular formula is C18H22N6O. The van der Waals surface area contributed by atoms with Crippen LogP contribution >= 0.6 is 0 Å². The summed E-state index contributed by atoms with van der Waals surface area (Å²) in [6.07, 6.45) is 5.77. The molecule has 0 amide bonds. The van der Waals surface area contributed by atoms with E-state index >= 15 is 0 Å². The second-order valence-electron chi connectivity index (χ2n) is 6.69. The van der Waals surface area contributed by atoms with Crippen LogP contribution in [0.25, 0.3) is 11.4 Å². The zero-order valence-electron chi connectivity index (χ0n) is 14.4. The molecule has 0 bridgehead atoms. The van der Waals surface area contributed by atoms with E-state index in [0.29, 0.717) is 24.2 Å². The minimum atomic E-state index is 0.578. The molecule has 2 aromatic heterocycles.